The van der Waals surface area contributed by atoms with Gasteiger partial charge >= 0.3 is 15.6 Å². The third-order valence-corrected chi connectivity index (χ3v) is 1.39. The molecule has 0 aliphatic carbocycles. The van der Waals surface area contributed by atoms with Crippen LogP contribution in [0.2, 0.25) is 0 Å². The van der Waals surface area contributed by atoms with Crippen LogP contribution in [0.15, 0.2) is 0 Å². The molecule has 0 aliphatic heterocycles. The second kappa shape index (κ2) is 4.65. The number of hydrogen-bond acceptors (Lipinski definition) is 5. The highest BCUT2D eigenvalue weighted by atomic mass is 32.1. The summed E-state index contributed by atoms with van der Waals surface area (Å²) in [6.07, 6.45) is 0. The quantitative estimate of drug-likeness (QED) is 0.394. The average molecular weight is 165 g/mol. The molecular formula is C3H7NO3SSi. The Morgan fingerprint density at radius 3 is 2.78 bits per heavy atom. The van der Waals surface area contributed by atoms with Crippen molar-refractivity contribution >= 4 is 28.2 Å². The smallest absolute Gasteiger partial charge is 0.460 e. The van der Waals surface area contributed by atoms with E-state index in [2.05, 4.69) is 17.1 Å². The van der Waals surface area contributed by atoms with E-state index in [0.717, 1.165) is 0 Å². The zero-order valence-electron chi connectivity index (χ0n) is 4.61. The van der Waals surface area contributed by atoms with Crippen LogP contribution in [0.25, 0.3) is 0 Å². The van der Waals surface area contributed by atoms with Crippen molar-refractivity contribution in [3.8, 4) is 0 Å². The SMILES string of the molecule is N[C@@H](CS)C(=O)O[SiH]=O. The first-order valence-electron chi connectivity index (χ1n) is 2.23. The Labute approximate surface area is 60.2 Å². The fourth-order valence-corrected chi connectivity index (χ4v) is 0.628. The Morgan fingerprint density at radius 2 is 2.44 bits per heavy atom. The normalized spacial score (nSPS) is 12.2. The molecule has 0 rings (SSSR count). The molecule has 0 fully saturated rings. The lowest BCUT2D eigenvalue weighted by Gasteiger charge is -2.02. The minimum atomic E-state index is -1.49. The van der Waals surface area contributed by atoms with E-state index in [1.807, 2.05) is 0 Å². The highest BCUT2D eigenvalue weighted by molar-refractivity contribution is 7.80. The van der Waals surface area contributed by atoms with Gasteiger partial charge in [0.15, 0.2) is 0 Å². The third-order valence-electron chi connectivity index (χ3n) is 0.664. The van der Waals surface area contributed by atoms with E-state index >= 15 is 0 Å². The van der Waals surface area contributed by atoms with E-state index in [9.17, 15) is 9.26 Å². The number of rotatable bonds is 3. The molecule has 0 radical (unpaired) electrons. The zero-order chi connectivity index (χ0) is 7.28. The van der Waals surface area contributed by atoms with Crippen LogP contribution in [0.1, 0.15) is 0 Å². The van der Waals surface area contributed by atoms with Crippen molar-refractivity contribution in [2.75, 3.05) is 5.75 Å². The van der Waals surface area contributed by atoms with E-state index < -0.39 is 21.7 Å². The van der Waals surface area contributed by atoms with Gasteiger partial charge in [0, 0.05) is 5.75 Å². The Hall–Kier alpha value is -0.203. The lowest BCUT2D eigenvalue weighted by Crippen LogP contribution is -2.33. The Kier molecular flexibility index (Phi) is 4.55. The molecule has 0 bridgehead atoms. The Bertz CT molecular complexity index is 120. The van der Waals surface area contributed by atoms with Crippen LogP contribution >= 0.6 is 12.6 Å². The van der Waals surface area contributed by atoms with E-state index in [1.54, 1.807) is 0 Å². The summed E-state index contributed by atoms with van der Waals surface area (Å²) in [5, 5.41) is 0. The Morgan fingerprint density at radius 1 is 1.89 bits per heavy atom. The number of carbonyl (C=O) groups excluding carboxylic acids is 1. The zero-order valence-corrected chi connectivity index (χ0v) is 6.66. The average Bonchev–Trinajstić information content (AvgIpc) is 1.87. The van der Waals surface area contributed by atoms with Crippen LogP contribution < -0.4 is 5.73 Å². The Balaban J connectivity index is 3.58. The third kappa shape index (κ3) is 3.39. The molecule has 0 aliphatic rings. The highest BCUT2D eigenvalue weighted by Gasteiger charge is 2.11. The fourth-order valence-electron chi connectivity index (χ4n) is 0.209. The van der Waals surface area contributed by atoms with Gasteiger partial charge in [0.25, 0.3) is 0 Å². The maximum atomic E-state index is 10.4. The van der Waals surface area contributed by atoms with Crippen molar-refractivity contribution in [2.45, 2.75) is 6.04 Å². The van der Waals surface area contributed by atoms with Crippen LogP contribution in [-0.4, -0.2) is 27.4 Å². The van der Waals surface area contributed by atoms with Gasteiger partial charge in [-0.15, -0.1) is 0 Å². The van der Waals surface area contributed by atoms with Gasteiger partial charge in [-0.1, -0.05) is 0 Å². The summed E-state index contributed by atoms with van der Waals surface area (Å²) in [6.45, 7) is 0. The molecule has 0 amide bonds. The van der Waals surface area contributed by atoms with Gasteiger partial charge in [0.2, 0.25) is 0 Å². The van der Waals surface area contributed by atoms with Crippen molar-refractivity contribution in [1.29, 1.82) is 0 Å². The second-order valence-corrected chi connectivity index (χ2v) is 2.12. The molecule has 9 heavy (non-hydrogen) atoms. The molecule has 0 spiro atoms. The summed E-state index contributed by atoms with van der Waals surface area (Å²) in [5.74, 6) is -0.451. The standard InChI is InChI=1S/C3H7NO3SSi/c4-2(1-8)3(5)7-9-6/h2,8-9H,1,4H2/t2-/m0/s1. The molecule has 0 aromatic heterocycles. The van der Waals surface area contributed by atoms with Gasteiger partial charge in [-0.2, -0.15) is 12.6 Å². The molecular weight excluding hydrogens is 158 g/mol. The predicted molar refractivity (Wildman–Crippen MR) is 35.8 cm³/mol. The molecule has 52 valence electrons. The van der Waals surface area contributed by atoms with E-state index in [-0.39, 0.29) is 5.75 Å². The summed E-state index contributed by atoms with van der Waals surface area (Å²) in [4.78, 5) is 10.4. The van der Waals surface area contributed by atoms with E-state index in [4.69, 9.17) is 5.73 Å². The second-order valence-electron chi connectivity index (χ2n) is 1.32. The van der Waals surface area contributed by atoms with Crippen molar-refractivity contribution in [3.05, 3.63) is 0 Å². The summed E-state index contributed by atoms with van der Waals surface area (Å²) in [5.41, 5.74) is 5.13. The van der Waals surface area contributed by atoms with Gasteiger partial charge in [-0.05, 0) is 0 Å². The van der Waals surface area contributed by atoms with Gasteiger partial charge in [-0.3, -0.25) is 4.79 Å². The van der Waals surface area contributed by atoms with Crippen molar-refractivity contribution in [1.82, 2.24) is 0 Å². The first-order chi connectivity index (χ1) is 4.22. The minimum Gasteiger partial charge on any atom is -0.460 e. The summed E-state index contributed by atoms with van der Waals surface area (Å²) < 4.78 is 13.8. The summed E-state index contributed by atoms with van der Waals surface area (Å²) >= 11 is 3.73. The van der Waals surface area contributed by atoms with Crippen LogP contribution in [0.4, 0.5) is 0 Å². The van der Waals surface area contributed by atoms with Crippen LogP contribution in [0.5, 0.6) is 0 Å². The topological polar surface area (TPSA) is 69.4 Å². The van der Waals surface area contributed by atoms with Gasteiger partial charge < -0.3 is 14.6 Å². The summed E-state index contributed by atoms with van der Waals surface area (Å²) in [6, 6.07) is -0.755. The van der Waals surface area contributed by atoms with E-state index in [1.165, 1.54) is 0 Å². The molecule has 0 saturated heterocycles. The van der Waals surface area contributed by atoms with Gasteiger partial charge in [-0.25, -0.2) is 0 Å². The molecule has 4 nitrogen and oxygen atoms in total. The number of carbonyl (C=O) groups is 1. The van der Waals surface area contributed by atoms with Crippen LogP contribution in [0.3, 0.4) is 0 Å². The van der Waals surface area contributed by atoms with Crippen molar-refractivity contribution < 1.29 is 13.7 Å². The molecule has 0 aromatic carbocycles. The van der Waals surface area contributed by atoms with Crippen molar-refractivity contribution in [3.63, 3.8) is 0 Å². The fraction of sp³-hybridized carbons (Fsp3) is 0.667. The maximum absolute atomic E-state index is 10.4. The van der Waals surface area contributed by atoms with Crippen LogP contribution in [-0.2, 0) is 13.7 Å². The molecule has 2 N–H and O–H groups in total. The molecule has 1 atom stereocenters. The molecule has 6 heteroatoms. The molecule has 0 heterocycles. The first kappa shape index (κ1) is 8.80. The molecule has 0 aromatic rings. The van der Waals surface area contributed by atoms with Gasteiger partial charge in [0.1, 0.15) is 6.04 Å². The lowest BCUT2D eigenvalue weighted by atomic mass is 10.4. The first-order valence-corrected chi connectivity index (χ1v) is 3.80. The van der Waals surface area contributed by atoms with Gasteiger partial charge in [0.05, 0.1) is 0 Å². The predicted octanol–water partition coefficient (Wildman–Crippen LogP) is -1.52. The summed E-state index contributed by atoms with van der Waals surface area (Å²) in [7, 11) is -1.49. The number of thiol groups is 1. The monoisotopic (exact) mass is 165 g/mol. The highest BCUT2D eigenvalue weighted by Crippen LogP contribution is 1.84. The minimum absolute atomic E-state index is 0.207. The maximum Gasteiger partial charge on any atom is 0.494 e. The van der Waals surface area contributed by atoms with Crippen LogP contribution in [0, 0.1) is 0 Å². The van der Waals surface area contributed by atoms with E-state index in [0.29, 0.717) is 0 Å². The number of nitrogens with two attached hydrogens (primary N) is 1. The largest absolute Gasteiger partial charge is 0.494 e. The molecule has 0 saturated carbocycles. The van der Waals surface area contributed by atoms with Crippen molar-refractivity contribution in [2.24, 2.45) is 5.73 Å². The lowest BCUT2D eigenvalue weighted by molar-refractivity contribution is -0.135. The molecule has 0 unspecified atom stereocenters. The number of hydrogen-bond donors (Lipinski definition) is 2.